The lowest BCUT2D eigenvalue weighted by atomic mass is 10.2. The Morgan fingerprint density at radius 3 is 2.81 bits per heavy atom. The molecule has 21 heavy (non-hydrogen) atoms. The molecule has 0 unspecified atom stereocenters. The third-order valence-corrected chi connectivity index (χ3v) is 4.23. The number of hydrogen-bond donors (Lipinski definition) is 0. The summed E-state index contributed by atoms with van der Waals surface area (Å²) in [4.78, 5) is 13.7. The van der Waals surface area contributed by atoms with Crippen LogP contribution in [0.1, 0.15) is 32.8 Å². The Balaban J connectivity index is 1.80. The van der Waals surface area contributed by atoms with Gasteiger partial charge in [0, 0.05) is 19.2 Å². The lowest BCUT2D eigenvalue weighted by Crippen LogP contribution is -2.36. The summed E-state index contributed by atoms with van der Waals surface area (Å²) in [7, 11) is 1.87. The molecule has 118 valence electrons. The highest BCUT2D eigenvalue weighted by Crippen LogP contribution is 2.20. The Bertz CT molecular complexity index is 510. The van der Waals surface area contributed by atoms with Crippen molar-refractivity contribution in [3.63, 3.8) is 0 Å². The number of carbonyl (C=O) groups excluding carboxylic acids is 1. The maximum Gasteiger partial charge on any atom is 0.410 e. The number of halogens is 1. The van der Waals surface area contributed by atoms with Crippen LogP contribution in [0.5, 0.6) is 0 Å². The van der Waals surface area contributed by atoms with Crippen LogP contribution in [0.2, 0.25) is 0 Å². The van der Waals surface area contributed by atoms with Gasteiger partial charge in [0.15, 0.2) is 0 Å². The molecule has 0 saturated carbocycles. The molecular weight excluding hydrogens is 338 g/mol. The van der Waals surface area contributed by atoms with Gasteiger partial charge in [-0.1, -0.05) is 0 Å². The van der Waals surface area contributed by atoms with E-state index in [4.69, 9.17) is 9.47 Å². The van der Waals surface area contributed by atoms with E-state index < -0.39 is 5.60 Å². The van der Waals surface area contributed by atoms with Gasteiger partial charge in [-0.2, -0.15) is 5.10 Å². The fourth-order valence-corrected chi connectivity index (χ4v) is 2.44. The number of likely N-dealkylation sites (tertiary alicyclic amines) is 1. The zero-order valence-corrected chi connectivity index (χ0v) is 14.5. The highest BCUT2D eigenvalue weighted by atomic mass is 79.9. The van der Waals surface area contributed by atoms with E-state index in [1.165, 1.54) is 0 Å². The van der Waals surface area contributed by atoms with Crippen LogP contribution in [0, 0.1) is 0 Å². The number of ether oxygens (including phenoxy) is 2. The summed E-state index contributed by atoms with van der Waals surface area (Å²) in [5.41, 5.74) is 0.546. The van der Waals surface area contributed by atoms with Crippen molar-refractivity contribution >= 4 is 22.0 Å². The maximum atomic E-state index is 12.0. The molecule has 7 heteroatoms. The largest absolute Gasteiger partial charge is 0.444 e. The Morgan fingerprint density at radius 2 is 2.24 bits per heavy atom. The molecule has 1 aliphatic heterocycles. The summed E-state index contributed by atoms with van der Waals surface area (Å²) in [6, 6.07) is 0. The summed E-state index contributed by atoms with van der Waals surface area (Å²) in [6.07, 6.45) is 2.39. The predicted molar refractivity (Wildman–Crippen MR) is 81.9 cm³/mol. The molecule has 0 aromatic carbocycles. The van der Waals surface area contributed by atoms with E-state index in [0.717, 1.165) is 16.6 Å². The van der Waals surface area contributed by atoms with E-state index in [-0.39, 0.29) is 12.2 Å². The summed E-state index contributed by atoms with van der Waals surface area (Å²) in [5.74, 6) is 0. The molecule has 0 aliphatic carbocycles. The minimum absolute atomic E-state index is 0.0459. The van der Waals surface area contributed by atoms with E-state index in [1.54, 1.807) is 15.8 Å². The van der Waals surface area contributed by atoms with Crippen LogP contribution in [0.3, 0.4) is 0 Å². The Morgan fingerprint density at radius 1 is 1.52 bits per heavy atom. The molecule has 1 fully saturated rings. The van der Waals surface area contributed by atoms with E-state index in [1.807, 2.05) is 27.8 Å². The van der Waals surface area contributed by atoms with Gasteiger partial charge in [0.25, 0.3) is 0 Å². The predicted octanol–water partition coefficient (Wildman–Crippen LogP) is 2.71. The zero-order valence-electron chi connectivity index (χ0n) is 12.9. The van der Waals surface area contributed by atoms with Crippen molar-refractivity contribution in [3.05, 3.63) is 16.4 Å². The number of amides is 1. The molecule has 1 atom stereocenters. The lowest BCUT2D eigenvalue weighted by molar-refractivity contribution is 0.0183. The summed E-state index contributed by atoms with van der Waals surface area (Å²) < 4.78 is 13.9. The van der Waals surface area contributed by atoms with Gasteiger partial charge >= 0.3 is 6.09 Å². The van der Waals surface area contributed by atoms with Gasteiger partial charge in [0.1, 0.15) is 10.2 Å². The Kier molecular flexibility index (Phi) is 4.93. The second kappa shape index (κ2) is 6.36. The topological polar surface area (TPSA) is 56.6 Å². The molecule has 1 saturated heterocycles. The van der Waals surface area contributed by atoms with Crippen molar-refractivity contribution in [1.82, 2.24) is 14.7 Å². The fourth-order valence-electron chi connectivity index (χ4n) is 2.13. The Labute approximate surface area is 133 Å². The highest BCUT2D eigenvalue weighted by molar-refractivity contribution is 9.10. The highest BCUT2D eigenvalue weighted by Gasteiger charge is 2.30. The monoisotopic (exact) mass is 359 g/mol. The summed E-state index contributed by atoms with van der Waals surface area (Å²) in [6.45, 7) is 7.35. The van der Waals surface area contributed by atoms with Crippen molar-refractivity contribution in [3.8, 4) is 0 Å². The molecular formula is C14H22BrN3O3. The number of rotatable bonds is 3. The molecule has 2 rings (SSSR count). The summed E-state index contributed by atoms with van der Waals surface area (Å²) >= 11 is 3.46. The SMILES string of the molecule is Cn1ncc(CO[C@H]2CCN(C(=O)OC(C)(C)C)C2)c1Br. The first-order chi connectivity index (χ1) is 9.76. The second-order valence-electron chi connectivity index (χ2n) is 6.23. The van der Waals surface area contributed by atoms with Crippen LogP contribution in [-0.2, 0) is 23.1 Å². The first-order valence-corrected chi connectivity index (χ1v) is 7.81. The van der Waals surface area contributed by atoms with Gasteiger partial charge < -0.3 is 14.4 Å². The van der Waals surface area contributed by atoms with Crippen LogP contribution < -0.4 is 0 Å². The number of carbonyl (C=O) groups is 1. The van der Waals surface area contributed by atoms with E-state index in [9.17, 15) is 4.79 Å². The smallest absolute Gasteiger partial charge is 0.410 e. The zero-order chi connectivity index (χ0) is 15.6. The standard InChI is InChI=1S/C14H22BrN3O3/c1-14(2,3)21-13(19)18-6-5-11(8-18)20-9-10-7-16-17(4)12(10)15/h7,11H,5-6,8-9H2,1-4H3/t11-/m0/s1. The fraction of sp³-hybridized carbons (Fsp3) is 0.714. The van der Waals surface area contributed by atoms with Crippen molar-refractivity contribution in [2.75, 3.05) is 13.1 Å². The van der Waals surface area contributed by atoms with E-state index >= 15 is 0 Å². The quantitative estimate of drug-likeness (QED) is 0.832. The van der Waals surface area contributed by atoms with Gasteiger partial charge in [-0.3, -0.25) is 4.68 Å². The minimum atomic E-state index is -0.462. The van der Waals surface area contributed by atoms with E-state index in [0.29, 0.717) is 19.7 Å². The second-order valence-corrected chi connectivity index (χ2v) is 6.98. The number of aryl methyl sites for hydroxylation is 1. The molecule has 1 amide bonds. The Hall–Kier alpha value is -1.08. The minimum Gasteiger partial charge on any atom is -0.444 e. The summed E-state index contributed by atoms with van der Waals surface area (Å²) in [5, 5.41) is 4.15. The molecule has 0 bridgehead atoms. The van der Waals surface area contributed by atoms with Gasteiger partial charge in [0.05, 0.1) is 25.5 Å². The van der Waals surface area contributed by atoms with Crippen LogP contribution >= 0.6 is 15.9 Å². The van der Waals surface area contributed by atoms with Crippen molar-refractivity contribution in [2.45, 2.75) is 45.5 Å². The van der Waals surface area contributed by atoms with Crippen LogP contribution in [-0.4, -0.2) is 45.6 Å². The van der Waals surface area contributed by atoms with Gasteiger partial charge in [-0.25, -0.2) is 4.79 Å². The van der Waals surface area contributed by atoms with Crippen molar-refractivity contribution in [2.24, 2.45) is 7.05 Å². The van der Waals surface area contributed by atoms with Gasteiger partial charge in [-0.05, 0) is 43.1 Å². The van der Waals surface area contributed by atoms with Gasteiger partial charge in [0.2, 0.25) is 0 Å². The normalized spacial score (nSPS) is 19.1. The number of aromatic nitrogens is 2. The number of hydrogen-bond acceptors (Lipinski definition) is 4. The average molecular weight is 360 g/mol. The third-order valence-electron chi connectivity index (χ3n) is 3.21. The van der Waals surface area contributed by atoms with Crippen LogP contribution in [0.15, 0.2) is 10.8 Å². The lowest BCUT2D eigenvalue weighted by Gasteiger charge is -2.24. The van der Waals surface area contributed by atoms with Crippen LogP contribution in [0.25, 0.3) is 0 Å². The average Bonchev–Trinajstić information content (AvgIpc) is 2.95. The molecule has 1 aliphatic rings. The van der Waals surface area contributed by atoms with Crippen molar-refractivity contribution in [1.29, 1.82) is 0 Å². The number of nitrogens with zero attached hydrogens (tertiary/aromatic N) is 3. The molecule has 6 nitrogen and oxygen atoms in total. The van der Waals surface area contributed by atoms with E-state index in [2.05, 4.69) is 21.0 Å². The molecule has 2 heterocycles. The van der Waals surface area contributed by atoms with Crippen LogP contribution in [0.4, 0.5) is 4.79 Å². The van der Waals surface area contributed by atoms with Gasteiger partial charge in [-0.15, -0.1) is 0 Å². The van der Waals surface area contributed by atoms with Crippen molar-refractivity contribution < 1.29 is 14.3 Å². The molecule has 0 radical (unpaired) electrons. The maximum absolute atomic E-state index is 12.0. The first kappa shape index (κ1) is 16.3. The molecule has 1 aromatic heterocycles. The molecule has 0 N–H and O–H groups in total. The molecule has 0 spiro atoms. The third kappa shape index (κ3) is 4.44. The first-order valence-electron chi connectivity index (χ1n) is 7.02. The molecule has 1 aromatic rings.